The third kappa shape index (κ3) is 7.22. The summed E-state index contributed by atoms with van der Waals surface area (Å²) in [6, 6.07) is 4.71. The standard InChI is InChI=1S/C23H35FN4O4S/c1-25(33(31,32)21-10-8-20(24)9-11-21)12-6-7-22(29)28-17-15-26(16-18-28)19-23(30)27-13-4-2-3-5-14-27/h8-11H,2-7,12-19H2,1H3. The van der Waals surface area contributed by atoms with Crippen LogP contribution < -0.4 is 0 Å². The summed E-state index contributed by atoms with van der Waals surface area (Å²) in [5.74, 6) is -0.309. The predicted molar refractivity (Wildman–Crippen MR) is 124 cm³/mol. The second-order valence-electron chi connectivity index (χ2n) is 8.84. The van der Waals surface area contributed by atoms with Crippen LogP contribution >= 0.6 is 0 Å². The van der Waals surface area contributed by atoms with Crippen molar-refractivity contribution < 1.29 is 22.4 Å². The topological polar surface area (TPSA) is 81.2 Å². The highest BCUT2D eigenvalue weighted by Crippen LogP contribution is 2.16. The van der Waals surface area contributed by atoms with Crippen LogP contribution in [-0.4, -0.2) is 98.6 Å². The van der Waals surface area contributed by atoms with Crippen LogP contribution in [0.5, 0.6) is 0 Å². The summed E-state index contributed by atoms with van der Waals surface area (Å²) in [6.07, 6.45) is 5.21. The molecule has 0 bridgehead atoms. The van der Waals surface area contributed by atoms with Crippen molar-refractivity contribution >= 4 is 21.8 Å². The van der Waals surface area contributed by atoms with Crippen molar-refractivity contribution in [1.29, 1.82) is 0 Å². The molecule has 8 nitrogen and oxygen atoms in total. The van der Waals surface area contributed by atoms with Gasteiger partial charge in [0.2, 0.25) is 21.8 Å². The van der Waals surface area contributed by atoms with Crippen LogP contribution in [0.4, 0.5) is 4.39 Å². The van der Waals surface area contributed by atoms with E-state index in [-0.39, 0.29) is 29.7 Å². The molecule has 0 radical (unpaired) electrons. The number of hydrogen-bond donors (Lipinski definition) is 0. The summed E-state index contributed by atoms with van der Waals surface area (Å²) in [5, 5.41) is 0. The Hall–Kier alpha value is -2.04. The normalized spacial score (nSPS) is 18.4. The number of halogens is 1. The second kappa shape index (κ2) is 11.9. The van der Waals surface area contributed by atoms with E-state index in [1.807, 2.05) is 4.90 Å². The predicted octanol–water partition coefficient (Wildman–Crippen LogP) is 1.77. The van der Waals surface area contributed by atoms with E-state index in [2.05, 4.69) is 4.90 Å². The monoisotopic (exact) mass is 482 g/mol. The third-order valence-corrected chi connectivity index (χ3v) is 8.30. The van der Waals surface area contributed by atoms with Crippen molar-refractivity contribution in [2.75, 3.05) is 59.4 Å². The van der Waals surface area contributed by atoms with Gasteiger partial charge in [0.05, 0.1) is 11.4 Å². The van der Waals surface area contributed by atoms with Crippen molar-refractivity contribution in [1.82, 2.24) is 19.0 Å². The summed E-state index contributed by atoms with van der Waals surface area (Å²) in [4.78, 5) is 31.1. The first kappa shape index (κ1) is 25.6. The lowest BCUT2D eigenvalue weighted by Gasteiger charge is -2.35. The zero-order valence-corrected chi connectivity index (χ0v) is 20.2. The molecule has 2 saturated heterocycles. The molecule has 0 aliphatic carbocycles. The Bertz CT molecular complexity index is 894. The van der Waals surface area contributed by atoms with Gasteiger partial charge in [-0.15, -0.1) is 0 Å². The number of likely N-dealkylation sites (tertiary alicyclic amines) is 1. The van der Waals surface area contributed by atoms with Gasteiger partial charge in [0, 0.05) is 59.3 Å². The number of sulfonamides is 1. The van der Waals surface area contributed by atoms with Crippen LogP contribution in [-0.2, 0) is 19.6 Å². The fourth-order valence-electron chi connectivity index (χ4n) is 4.28. The van der Waals surface area contributed by atoms with Gasteiger partial charge < -0.3 is 9.80 Å². The molecule has 3 rings (SSSR count). The molecule has 0 N–H and O–H groups in total. The molecule has 1 aromatic rings. The number of hydrogen-bond acceptors (Lipinski definition) is 5. The Morgan fingerprint density at radius 3 is 2.06 bits per heavy atom. The number of benzene rings is 1. The molecule has 2 aliphatic rings. The molecule has 2 fully saturated rings. The van der Waals surface area contributed by atoms with Gasteiger partial charge in [0.1, 0.15) is 5.82 Å². The maximum atomic E-state index is 13.1. The highest BCUT2D eigenvalue weighted by molar-refractivity contribution is 7.89. The van der Waals surface area contributed by atoms with Crippen molar-refractivity contribution in [2.45, 2.75) is 43.4 Å². The van der Waals surface area contributed by atoms with E-state index in [1.54, 1.807) is 4.90 Å². The summed E-state index contributed by atoms with van der Waals surface area (Å²) in [6.45, 7) is 4.81. The first-order valence-corrected chi connectivity index (χ1v) is 13.2. The van der Waals surface area contributed by atoms with Crippen molar-refractivity contribution in [3.8, 4) is 0 Å². The number of nitrogens with zero attached hydrogens (tertiary/aromatic N) is 4. The lowest BCUT2D eigenvalue weighted by molar-refractivity contribution is -0.135. The van der Waals surface area contributed by atoms with Gasteiger partial charge in [0.15, 0.2) is 0 Å². The highest BCUT2D eigenvalue weighted by atomic mass is 32.2. The molecular formula is C23H35FN4O4S. The first-order valence-electron chi connectivity index (χ1n) is 11.8. The zero-order valence-electron chi connectivity index (χ0n) is 19.4. The van der Waals surface area contributed by atoms with E-state index in [4.69, 9.17) is 0 Å². The number of amides is 2. The molecule has 0 spiro atoms. The minimum Gasteiger partial charge on any atom is -0.342 e. The van der Waals surface area contributed by atoms with Gasteiger partial charge in [-0.25, -0.2) is 17.1 Å². The molecule has 10 heteroatoms. The molecule has 2 amide bonds. The van der Waals surface area contributed by atoms with Gasteiger partial charge in [0.25, 0.3) is 0 Å². The van der Waals surface area contributed by atoms with E-state index in [0.717, 1.165) is 38.1 Å². The van der Waals surface area contributed by atoms with Gasteiger partial charge in [-0.3, -0.25) is 14.5 Å². The first-order chi connectivity index (χ1) is 15.8. The van der Waals surface area contributed by atoms with Crippen LogP contribution in [0, 0.1) is 5.82 Å². The van der Waals surface area contributed by atoms with E-state index < -0.39 is 15.8 Å². The third-order valence-electron chi connectivity index (χ3n) is 6.43. The van der Waals surface area contributed by atoms with Crippen LogP contribution in [0.1, 0.15) is 38.5 Å². The Labute approximate surface area is 196 Å². The van der Waals surface area contributed by atoms with Crippen LogP contribution in [0.25, 0.3) is 0 Å². The molecule has 2 heterocycles. The molecule has 2 aliphatic heterocycles. The SMILES string of the molecule is CN(CCCC(=O)N1CCN(CC(=O)N2CCCCCC2)CC1)S(=O)(=O)c1ccc(F)cc1. The van der Waals surface area contributed by atoms with E-state index in [9.17, 15) is 22.4 Å². The largest absolute Gasteiger partial charge is 0.342 e. The van der Waals surface area contributed by atoms with Gasteiger partial charge in [-0.1, -0.05) is 12.8 Å². The van der Waals surface area contributed by atoms with E-state index in [0.29, 0.717) is 39.1 Å². The lowest BCUT2D eigenvalue weighted by atomic mass is 10.2. The fraction of sp³-hybridized carbons (Fsp3) is 0.652. The average Bonchev–Trinajstić information content (AvgIpc) is 3.09. The van der Waals surface area contributed by atoms with Crippen LogP contribution in [0.15, 0.2) is 29.2 Å². The van der Waals surface area contributed by atoms with Crippen molar-refractivity contribution in [3.63, 3.8) is 0 Å². The molecular weight excluding hydrogens is 447 g/mol. The minimum absolute atomic E-state index is 0.000995. The Morgan fingerprint density at radius 2 is 1.45 bits per heavy atom. The minimum atomic E-state index is -3.71. The molecule has 0 atom stereocenters. The van der Waals surface area contributed by atoms with Crippen molar-refractivity contribution in [3.05, 3.63) is 30.1 Å². The summed E-state index contributed by atoms with van der Waals surface area (Å²) >= 11 is 0. The molecule has 0 aromatic heterocycles. The lowest BCUT2D eigenvalue weighted by Crippen LogP contribution is -2.51. The van der Waals surface area contributed by atoms with E-state index >= 15 is 0 Å². The Balaban J connectivity index is 1.37. The smallest absolute Gasteiger partial charge is 0.242 e. The highest BCUT2D eigenvalue weighted by Gasteiger charge is 2.25. The molecule has 1 aromatic carbocycles. The summed E-state index contributed by atoms with van der Waals surface area (Å²) in [5.41, 5.74) is 0. The van der Waals surface area contributed by atoms with Crippen LogP contribution in [0.3, 0.4) is 0 Å². The van der Waals surface area contributed by atoms with Crippen LogP contribution in [0.2, 0.25) is 0 Å². The number of rotatable bonds is 8. The van der Waals surface area contributed by atoms with Gasteiger partial charge in [-0.2, -0.15) is 0 Å². The van der Waals surface area contributed by atoms with E-state index in [1.165, 1.54) is 36.3 Å². The maximum absolute atomic E-state index is 13.1. The Morgan fingerprint density at radius 1 is 0.879 bits per heavy atom. The second-order valence-corrected chi connectivity index (χ2v) is 10.9. The van der Waals surface area contributed by atoms with Crippen molar-refractivity contribution in [2.24, 2.45) is 0 Å². The van der Waals surface area contributed by atoms with Gasteiger partial charge in [-0.05, 0) is 43.5 Å². The zero-order chi connectivity index (χ0) is 23.8. The average molecular weight is 483 g/mol. The maximum Gasteiger partial charge on any atom is 0.242 e. The van der Waals surface area contributed by atoms with Gasteiger partial charge >= 0.3 is 0 Å². The Kier molecular flexibility index (Phi) is 9.22. The fourth-order valence-corrected chi connectivity index (χ4v) is 5.49. The quantitative estimate of drug-likeness (QED) is 0.564. The summed E-state index contributed by atoms with van der Waals surface area (Å²) in [7, 11) is -2.25. The number of carbonyl (C=O) groups excluding carboxylic acids is 2. The summed E-state index contributed by atoms with van der Waals surface area (Å²) < 4.78 is 39.4. The number of carbonyl (C=O) groups is 2. The molecule has 184 valence electrons. The molecule has 33 heavy (non-hydrogen) atoms. The number of piperazine rings is 1. The molecule has 0 unspecified atom stereocenters. The molecule has 0 saturated carbocycles.